The van der Waals surface area contributed by atoms with E-state index in [2.05, 4.69) is 4.90 Å². The molecule has 2 aromatic heterocycles. The van der Waals surface area contributed by atoms with E-state index in [4.69, 9.17) is 18.3 Å². The van der Waals surface area contributed by atoms with Crippen molar-refractivity contribution in [2.24, 2.45) is 0 Å². The van der Waals surface area contributed by atoms with Gasteiger partial charge >= 0.3 is 0 Å². The Morgan fingerprint density at radius 2 is 1.29 bits per heavy atom. The summed E-state index contributed by atoms with van der Waals surface area (Å²) >= 11 is 0. The van der Waals surface area contributed by atoms with Crippen molar-refractivity contribution in [3.05, 3.63) is 107 Å². The lowest BCUT2D eigenvalue weighted by Gasteiger charge is -2.28. The molecule has 1 N–H and O–H groups in total. The SMILES string of the molecule is COc1ccc(C(O)(c2ccc(OC)cc2)c2ccc(CN(Cc3ccc(C)o3)C3CC3)o2)cc1. The summed E-state index contributed by atoms with van der Waals surface area (Å²) < 4.78 is 22.8. The quantitative estimate of drug-likeness (QED) is 0.321. The summed E-state index contributed by atoms with van der Waals surface area (Å²) in [5.41, 5.74) is -0.0942. The topological polar surface area (TPSA) is 68.2 Å². The molecule has 0 saturated heterocycles. The zero-order valence-electron chi connectivity index (χ0n) is 20.4. The minimum absolute atomic E-state index is 0.465. The monoisotopic (exact) mass is 473 g/mol. The smallest absolute Gasteiger partial charge is 0.173 e. The molecule has 0 amide bonds. The minimum Gasteiger partial charge on any atom is -0.497 e. The van der Waals surface area contributed by atoms with E-state index in [0.29, 0.717) is 29.5 Å². The standard InChI is InChI=1S/C29H31NO5/c1-20-4-11-26(34-20)18-30(23-9-10-23)19-27-16-17-28(35-27)29(31,21-5-12-24(32-2)13-6-21)22-7-14-25(33-3)15-8-22/h4-8,11-17,23,31H,9-10,18-19H2,1-3H3. The normalized spacial score (nSPS) is 13.9. The van der Waals surface area contributed by atoms with Crippen LogP contribution in [-0.4, -0.2) is 30.3 Å². The lowest BCUT2D eigenvalue weighted by Crippen LogP contribution is -2.28. The second-order valence-electron chi connectivity index (χ2n) is 9.08. The molecule has 2 heterocycles. The predicted molar refractivity (Wildman–Crippen MR) is 133 cm³/mol. The maximum Gasteiger partial charge on any atom is 0.173 e. The van der Waals surface area contributed by atoms with Gasteiger partial charge in [-0.3, -0.25) is 4.90 Å². The summed E-state index contributed by atoms with van der Waals surface area (Å²) in [7, 11) is 3.25. The third-order valence-corrected chi connectivity index (χ3v) is 6.61. The van der Waals surface area contributed by atoms with Crippen molar-refractivity contribution in [3.63, 3.8) is 0 Å². The van der Waals surface area contributed by atoms with Crippen molar-refractivity contribution < 1.29 is 23.4 Å². The first-order chi connectivity index (χ1) is 17.0. The molecule has 0 radical (unpaired) electrons. The summed E-state index contributed by atoms with van der Waals surface area (Å²) in [5, 5.41) is 12.2. The van der Waals surface area contributed by atoms with Crippen LogP contribution in [0.25, 0.3) is 0 Å². The van der Waals surface area contributed by atoms with Crippen molar-refractivity contribution >= 4 is 0 Å². The lowest BCUT2D eigenvalue weighted by atomic mass is 9.84. The molecular weight excluding hydrogens is 442 g/mol. The van der Waals surface area contributed by atoms with Crippen molar-refractivity contribution in [3.8, 4) is 11.5 Å². The van der Waals surface area contributed by atoms with Crippen LogP contribution in [0.4, 0.5) is 0 Å². The number of rotatable bonds is 10. The summed E-state index contributed by atoms with van der Waals surface area (Å²) in [4.78, 5) is 2.38. The number of aliphatic hydroxyl groups is 1. The third-order valence-electron chi connectivity index (χ3n) is 6.61. The van der Waals surface area contributed by atoms with Gasteiger partial charge in [-0.25, -0.2) is 0 Å². The molecule has 0 spiro atoms. The Balaban J connectivity index is 1.46. The average molecular weight is 474 g/mol. The Kier molecular flexibility index (Phi) is 6.41. The molecule has 0 bridgehead atoms. The van der Waals surface area contributed by atoms with Gasteiger partial charge in [0, 0.05) is 6.04 Å². The van der Waals surface area contributed by atoms with Gasteiger partial charge in [0.1, 0.15) is 34.5 Å². The molecule has 1 aliphatic carbocycles. The van der Waals surface area contributed by atoms with Crippen molar-refractivity contribution in [2.45, 2.75) is 44.5 Å². The average Bonchev–Trinajstić information content (AvgIpc) is 3.50. The molecule has 4 aromatic rings. The number of furan rings is 2. The summed E-state index contributed by atoms with van der Waals surface area (Å²) in [6.45, 7) is 3.34. The molecule has 35 heavy (non-hydrogen) atoms. The van der Waals surface area contributed by atoms with E-state index in [1.165, 1.54) is 12.8 Å². The van der Waals surface area contributed by atoms with Crippen LogP contribution in [0.15, 0.2) is 81.6 Å². The van der Waals surface area contributed by atoms with Gasteiger partial charge in [-0.1, -0.05) is 24.3 Å². The van der Waals surface area contributed by atoms with E-state index in [1.807, 2.05) is 79.7 Å². The van der Waals surface area contributed by atoms with E-state index >= 15 is 0 Å². The Morgan fingerprint density at radius 3 is 1.74 bits per heavy atom. The van der Waals surface area contributed by atoms with Gasteiger partial charge in [-0.15, -0.1) is 0 Å². The van der Waals surface area contributed by atoms with Crippen molar-refractivity contribution in [1.29, 1.82) is 0 Å². The first-order valence-corrected chi connectivity index (χ1v) is 11.9. The van der Waals surface area contributed by atoms with Crippen LogP contribution in [0.1, 0.15) is 47.0 Å². The van der Waals surface area contributed by atoms with Crippen LogP contribution in [0.5, 0.6) is 11.5 Å². The van der Waals surface area contributed by atoms with Crippen LogP contribution < -0.4 is 9.47 Å². The fraction of sp³-hybridized carbons (Fsp3) is 0.310. The second kappa shape index (κ2) is 9.64. The number of ether oxygens (including phenoxy) is 2. The molecule has 0 atom stereocenters. The maximum absolute atomic E-state index is 12.2. The van der Waals surface area contributed by atoms with Gasteiger partial charge in [0.15, 0.2) is 5.60 Å². The highest BCUT2D eigenvalue weighted by molar-refractivity contribution is 5.46. The van der Waals surface area contributed by atoms with Gasteiger partial charge < -0.3 is 23.4 Å². The van der Waals surface area contributed by atoms with Gasteiger partial charge in [0.2, 0.25) is 0 Å². The van der Waals surface area contributed by atoms with Gasteiger partial charge in [0.25, 0.3) is 0 Å². The first-order valence-electron chi connectivity index (χ1n) is 11.9. The number of nitrogens with zero attached hydrogens (tertiary/aromatic N) is 1. The number of hydrogen-bond acceptors (Lipinski definition) is 6. The zero-order valence-corrected chi connectivity index (χ0v) is 20.4. The van der Waals surface area contributed by atoms with Crippen LogP contribution in [0.3, 0.4) is 0 Å². The molecule has 1 fully saturated rings. The van der Waals surface area contributed by atoms with Gasteiger partial charge in [-0.2, -0.15) is 0 Å². The Hall–Kier alpha value is -3.48. The molecular formula is C29H31NO5. The highest BCUT2D eigenvalue weighted by Crippen LogP contribution is 2.39. The predicted octanol–water partition coefficient (Wildman–Crippen LogP) is 5.65. The van der Waals surface area contributed by atoms with Crippen LogP contribution in [0.2, 0.25) is 0 Å². The highest BCUT2D eigenvalue weighted by Gasteiger charge is 2.38. The Bertz CT molecular complexity index is 1200. The van der Waals surface area contributed by atoms with Gasteiger partial charge in [-0.05, 0) is 79.4 Å². The minimum atomic E-state index is -1.47. The summed E-state index contributed by atoms with van der Waals surface area (Å²) in [6.07, 6.45) is 2.35. The maximum atomic E-state index is 12.2. The third kappa shape index (κ3) is 4.85. The molecule has 2 aromatic carbocycles. The number of hydrogen-bond donors (Lipinski definition) is 1. The number of methoxy groups -OCH3 is 2. The molecule has 0 unspecified atom stereocenters. The van der Waals surface area contributed by atoms with E-state index in [1.54, 1.807) is 14.2 Å². The Morgan fingerprint density at radius 1 is 0.771 bits per heavy atom. The molecule has 5 rings (SSSR count). The second-order valence-corrected chi connectivity index (χ2v) is 9.08. The van der Waals surface area contributed by atoms with Crippen molar-refractivity contribution in [1.82, 2.24) is 4.90 Å². The molecule has 6 nitrogen and oxygen atoms in total. The van der Waals surface area contributed by atoms with E-state index in [9.17, 15) is 5.11 Å². The fourth-order valence-electron chi connectivity index (χ4n) is 4.50. The summed E-state index contributed by atoms with van der Waals surface area (Å²) in [6, 6.07) is 23.2. The number of aryl methyl sites for hydroxylation is 1. The fourth-order valence-corrected chi connectivity index (χ4v) is 4.50. The van der Waals surface area contributed by atoms with E-state index < -0.39 is 5.60 Å². The van der Waals surface area contributed by atoms with Crippen LogP contribution in [0, 0.1) is 6.92 Å². The van der Waals surface area contributed by atoms with Crippen LogP contribution >= 0.6 is 0 Å². The van der Waals surface area contributed by atoms with Crippen molar-refractivity contribution in [2.75, 3.05) is 14.2 Å². The van der Waals surface area contributed by atoms with E-state index in [-0.39, 0.29) is 0 Å². The lowest BCUT2D eigenvalue weighted by molar-refractivity contribution is 0.0946. The largest absolute Gasteiger partial charge is 0.497 e. The Labute approximate surface area is 205 Å². The van der Waals surface area contributed by atoms with Gasteiger partial charge in [0.05, 0.1) is 27.3 Å². The molecule has 1 aliphatic rings. The first kappa shape index (κ1) is 23.3. The highest BCUT2D eigenvalue weighted by atomic mass is 16.5. The molecule has 1 saturated carbocycles. The summed E-state index contributed by atoms with van der Waals surface area (Å²) in [5.74, 6) is 4.58. The van der Waals surface area contributed by atoms with Crippen LogP contribution in [-0.2, 0) is 18.7 Å². The molecule has 6 heteroatoms. The molecule has 0 aliphatic heterocycles. The number of benzene rings is 2. The zero-order chi connectivity index (χ0) is 24.4. The van der Waals surface area contributed by atoms with E-state index in [0.717, 1.165) is 35.3 Å². The molecule has 182 valence electrons.